The highest BCUT2D eigenvalue weighted by Crippen LogP contribution is 2.28. The number of anilines is 1. The Morgan fingerprint density at radius 2 is 1.45 bits per heavy atom. The lowest BCUT2D eigenvalue weighted by molar-refractivity contribution is -0.146. The van der Waals surface area contributed by atoms with Crippen LogP contribution in [0.5, 0.6) is 0 Å². The van der Waals surface area contributed by atoms with Crippen molar-refractivity contribution in [2.24, 2.45) is 11.3 Å². The van der Waals surface area contributed by atoms with E-state index in [0.29, 0.717) is 17.9 Å². The number of rotatable bonds is 8. The van der Waals surface area contributed by atoms with Gasteiger partial charge in [-0.15, -0.1) is 0 Å². The van der Waals surface area contributed by atoms with E-state index in [0.717, 1.165) is 29.7 Å². The molecule has 31 heavy (non-hydrogen) atoms. The summed E-state index contributed by atoms with van der Waals surface area (Å²) in [5.41, 5.74) is 2.13. The van der Waals surface area contributed by atoms with Crippen LogP contribution in [0.4, 0.5) is 5.69 Å². The molecular weight excluding hydrogens is 390 g/mol. The molecule has 0 bridgehead atoms. The SMILES string of the molecule is CC(C)(CC(=O)c1ccc(-c2ccc(NC(=O)CC3CCCCC3)cc2)cc1)C(=O)O. The van der Waals surface area contributed by atoms with Crippen LogP contribution in [-0.4, -0.2) is 22.8 Å². The quantitative estimate of drug-likeness (QED) is 0.516. The van der Waals surface area contributed by atoms with Crippen molar-refractivity contribution in [1.29, 1.82) is 0 Å². The van der Waals surface area contributed by atoms with Crippen molar-refractivity contribution in [2.45, 2.75) is 58.8 Å². The molecule has 1 saturated carbocycles. The number of carbonyl (C=O) groups is 3. The number of carboxylic acid groups (broad SMARTS) is 1. The molecule has 0 aromatic heterocycles. The zero-order valence-corrected chi connectivity index (χ0v) is 18.3. The van der Waals surface area contributed by atoms with E-state index < -0.39 is 11.4 Å². The summed E-state index contributed by atoms with van der Waals surface area (Å²) in [5, 5.41) is 12.2. The molecule has 1 fully saturated rings. The van der Waals surface area contributed by atoms with E-state index in [1.807, 2.05) is 36.4 Å². The summed E-state index contributed by atoms with van der Waals surface area (Å²) in [6, 6.07) is 14.9. The minimum absolute atomic E-state index is 0.0447. The number of carboxylic acids is 1. The first-order chi connectivity index (χ1) is 14.7. The van der Waals surface area contributed by atoms with Crippen LogP contribution in [0.25, 0.3) is 11.1 Å². The van der Waals surface area contributed by atoms with E-state index >= 15 is 0 Å². The monoisotopic (exact) mass is 421 g/mol. The molecule has 3 rings (SSSR count). The summed E-state index contributed by atoms with van der Waals surface area (Å²) in [7, 11) is 0. The summed E-state index contributed by atoms with van der Waals surface area (Å²) < 4.78 is 0. The van der Waals surface area contributed by atoms with Crippen LogP contribution in [-0.2, 0) is 9.59 Å². The Kier molecular flexibility index (Phi) is 7.26. The van der Waals surface area contributed by atoms with Crippen LogP contribution in [0.2, 0.25) is 0 Å². The van der Waals surface area contributed by atoms with Crippen molar-refractivity contribution in [3.8, 4) is 11.1 Å². The molecule has 1 aliphatic carbocycles. The Hall–Kier alpha value is -2.95. The molecule has 0 spiro atoms. The number of hydrogen-bond acceptors (Lipinski definition) is 3. The van der Waals surface area contributed by atoms with Crippen LogP contribution >= 0.6 is 0 Å². The lowest BCUT2D eigenvalue weighted by atomic mass is 9.85. The van der Waals surface area contributed by atoms with Crippen molar-refractivity contribution < 1.29 is 19.5 Å². The Morgan fingerprint density at radius 3 is 2.00 bits per heavy atom. The van der Waals surface area contributed by atoms with Gasteiger partial charge in [0.2, 0.25) is 5.91 Å². The molecule has 0 heterocycles. The highest BCUT2D eigenvalue weighted by atomic mass is 16.4. The maximum absolute atomic E-state index is 12.4. The predicted octanol–water partition coefficient (Wildman–Crippen LogP) is 5.95. The first-order valence-electron chi connectivity index (χ1n) is 11.0. The van der Waals surface area contributed by atoms with Crippen molar-refractivity contribution in [3.63, 3.8) is 0 Å². The van der Waals surface area contributed by atoms with Crippen LogP contribution in [0, 0.1) is 11.3 Å². The highest BCUT2D eigenvalue weighted by Gasteiger charge is 2.30. The van der Waals surface area contributed by atoms with Gasteiger partial charge in [-0.25, -0.2) is 0 Å². The third-order valence-corrected chi connectivity index (χ3v) is 6.09. The molecule has 1 amide bonds. The normalized spacial score (nSPS) is 14.8. The van der Waals surface area contributed by atoms with Crippen molar-refractivity contribution in [2.75, 3.05) is 5.32 Å². The van der Waals surface area contributed by atoms with Crippen molar-refractivity contribution in [3.05, 3.63) is 54.1 Å². The van der Waals surface area contributed by atoms with Gasteiger partial charge in [-0.3, -0.25) is 14.4 Å². The molecule has 0 saturated heterocycles. The topological polar surface area (TPSA) is 83.5 Å². The summed E-state index contributed by atoms with van der Waals surface area (Å²) in [6.07, 6.45) is 6.60. The molecule has 2 aromatic carbocycles. The number of ketones is 1. The van der Waals surface area contributed by atoms with Gasteiger partial charge in [-0.1, -0.05) is 55.7 Å². The number of Topliss-reactive ketones (excluding diaryl/α,β-unsaturated/α-hetero) is 1. The van der Waals surface area contributed by atoms with Gasteiger partial charge in [0, 0.05) is 24.1 Å². The van der Waals surface area contributed by atoms with E-state index in [-0.39, 0.29) is 18.1 Å². The zero-order chi connectivity index (χ0) is 22.4. The largest absolute Gasteiger partial charge is 0.481 e. The lowest BCUT2D eigenvalue weighted by Gasteiger charge is -2.20. The number of aliphatic carboxylic acids is 1. The summed E-state index contributed by atoms with van der Waals surface area (Å²) in [5.74, 6) is -0.583. The van der Waals surface area contributed by atoms with E-state index in [1.54, 1.807) is 26.0 Å². The maximum atomic E-state index is 12.4. The fourth-order valence-electron chi connectivity index (χ4n) is 4.04. The van der Waals surface area contributed by atoms with Gasteiger partial charge in [0.1, 0.15) is 0 Å². The zero-order valence-electron chi connectivity index (χ0n) is 18.3. The Balaban J connectivity index is 1.58. The van der Waals surface area contributed by atoms with Gasteiger partial charge >= 0.3 is 5.97 Å². The first kappa shape index (κ1) is 22.7. The van der Waals surface area contributed by atoms with Crippen LogP contribution in [0.15, 0.2) is 48.5 Å². The molecule has 0 atom stereocenters. The van der Waals surface area contributed by atoms with Gasteiger partial charge in [-0.05, 0) is 55.9 Å². The van der Waals surface area contributed by atoms with Gasteiger partial charge in [0.25, 0.3) is 0 Å². The van der Waals surface area contributed by atoms with E-state index in [1.165, 1.54) is 19.3 Å². The average Bonchev–Trinajstić information content (AvgIpc) is 2.74. The smallest absolute Gasteiger partial charge is 0.309 e. The molecule has 0 radical (unpaired) electrons. The molecule has 164 valence electrons. The molecule has 5 heteroatoms. The summed E-state index contributed by atoms with van der Waals surface area (Å²) >= 11 is 0. The number of hydrogen-bond donors (Lipinski definition) is 2. The molecule has 2 aromatic rings. The number of nitrogens with one attached hydrogen (secondary N) is 1. The maximum Gasteiger partial charge on any atom is 0.309 e. The predicted molar refractivity (Wildman–Crippen MR) is 122 cm³/mol. The second-order valence-electron chi connectivity index (χ2n) is 9.20. The Morgan fingerprint density at radius 1 is 0.903 bits per heavy atom. The summed E-state index contributed by atoms with van der Waals surface area (Å²) in [4.78, 5) is 35.9. The molecule has 5 nitrogen and oxygen atoms in total. The standard InChI is InChI=1S/C26H31NO4/c1-26(2,25(30)31)17-23(28)21-10-8-19(9-11-21)20-12-14-22(15-13-20)27-24(29)16-18-6-4-3-5-7-18/h8-15,18H,3-7,16-17H2,1-2H3,(H,27,29)(H,30,31). The lowest BCUT2D eigenvalue weighted by Crippen LogP contribution is -2.26. The van der Waals surface area contributed by atoms with Gasteiger partial charge in [0.15, 0.2) is 5.78 Å². The average molecular weight is 422 g/mol. The fourth-order valence-corrected chi connectivity index (χ4v) is 4.04. The first-order valence-corrected chi connectivity index (χ1v) is 11.0. The molecule has 2 N–H and O–H groups in total. The third-order valence-electron chi connectivity index (χ3n) is 6.09. The second kappa shape index (κ2) is 9.90. The van der Waals surface area contributed by atoms with Crippen molar-refractivity contribution in [1.82, 2.24) is 0 Å². The molecule has 0 aliphatic heterocycles. The second-order valence-corrected chi connectivity index (χ2v) is 9.20. The number of amides is 1. The molecule has 0 unspecified atom stereocenters. The van der Waals surface area contributed by atoms with Crippen LogP contribution in [0.1, 0.15) is 69.2 Å². The highest BCUT2D eigenvalue weighted by molar-refractivity contribution is 5.99. The fraction of sp³-hybridized carbons (Fsp3) is 0.423. The number of benzene rings is 2. The van der Waals surface area contributed by atoms with Gasteiger partial charge in [-0.2, -0.15) is 0 Å². The van der Waals surface area contributed by atoms with Crippen LogP contribution < -0.4 is 5.32 Å². The summed E-state index contributed by atoms with van der Waals surface area (Å²) in [6.45, 7) is 3.11. The van der Waals surface area contributed by atoms with E-state index in [9.17, 15) is 19.5 Å². The molecular formula is C26H31NO4. The Bertz CT molecular complexity index is 923. The van der Waals surface area contributed by atoms with Gasteiger partial charge < -0.3 is 10.4 Å². The van der Waals surface area contributed by atoms with Crippen LogP contribution in [0.3, 0.4) is 0 Å². The molecule has 1 aliphatic rings. The Labute approximate surface area is 183 Å². The number of carbonyl (C=O) groups excluding carboxylic acids is 2. The van der Waals surface area contributed by atoms with E-state index in [2.05, 4.69) is 5.32 Å². The van der Waals surface area contributed by atoms with E-state index in [4.69, 9.17) is 0 Å². The minimum atomic E-state index is -1.09. The minimum Gasteiger partial charge on any atom is -0.481 e. The third kappa shape index (κ3) is 6.27. The van der Waals surface area contributed by atoms with Gasteiger partial charge in [0.05, 0.1) is 5.41 Å². The van der Waals surface area contributed by atoms with Crippen molar-refractivity contribution >= 4 is 23.3 Å².